The van der Waals surface area contributed by atoms with Crippen LogP contribution in [0, 0.1) is 5.82 Å². The van der Waals surface area contributed by atoms with Crippen LogP contribution in [0.4, 0.5) is 23.2 Å². The number of carbonyl (C=O) groups excluding carboxylic acids is 1. The van der Waals surface area contributed by atoms with Crippen molar-refractivity contribution in [1.29, 1.82) is 0 Å². The molecule has 2 N–H and O–H groups in total. The number of hydrogen-bond donors (Lipinski definition) is 2. The fourth-order valence-electron chi connectivity index (χ4n) is 4.00. The Morgan fingerprint density at radius 3 is 2.41 bits per heavy atom. The number of aromatic nitrogens is 2. The van der Waals surface area contributed by atoms with E-state index in [2.05, 4.69) is 15.7 Å². The minimum Gasteiger partial charge on any atom is -0.321 e. The Bertz CT molecular complexity index is 1130. The van der Waals surface area contributed by atoms with E-state index in [1.807, 2.05) is 13.8 Å². The third kappa shape index (κ3) is 4.38. The summed E-state index contributed by atoms with van der Waals surface area (Å²) in [5.74, 6) is -0.842. The van der Waals surface area contributed by atoms with Crippen LogP contribution in [0.1, 0.15) is 46.7 Å². The highest BCUT2D eigenvalue weighted by molar-refractivity contribution is 6.04. The van der Waals surface area contributed by atoms with Crippen LogP contribution in [0.3, 0.4) is 0 Å². The monoisotopic (exact) mass is 446 g/mol. The van der Waals surface area contributed by atoms with Crippen LogP contribution >= 0.6 is 0 Å². The van der Waals surface area contributed by atoms with Gasteiger partial charge in [0, 0.05) is 29.8 Å². The number of fused-ring (bicyclic) bond motifs is 1. The first-order valence-corrected chi connectivity index (χ1v) is 10.1. The number of anilines is 1. The molecule has 0 bridgehead atoms. The normalized spacial score (nSPS) is 15.3. The zero-order chi connectivity index (χ0) is 23.1. The topological polar surface area (TPSA) is 59.0 Å². The van der Waals surface area contributed by atoms with Gasteiger partial charge in [0.25, 0.3) is 5.91 Å². The first-order valence-electron chi connectivity index (χ1n) is 10.1. The molecule has 32 heavy (non-hydrogen) atoms. The van der Waals surface area contributed by atoms with E-state index in [4.69, 9.17) is 0 Å². The molecule has 3 aromatic rings. The SMILES string of the molecule is CC1(C)CNCc2c(C(=O)Nc3ccc(F)cc3)nn(Cc3ccc(C(F)(F)F)cc3)c21. The number of rotatable bonds is 4. The third-order valence-electron chi connectivity index (χ3n) is 5.49. The van der Waals surface area contributed by atoms with Crippen molar-refractivity contribution in [3.63, 3.8) is 0 Å². The Morgan fingerprint density at radius 2 is 1.78 bits per heavy atom. The molecule has 1 aromatic heterocycles. The summed E-state index contributed by atoms with van der Waals surface area (Å²) in [6, 6.07) is 10.3. The lowest BCUT2D eigenvalue weighted by Gasteiger charge is -2.32. The number of benzene rings is 2. The molecule has 0 atom stereocenters. The number of alkyl halides is 3. The first-order chi connectivity index (χ1) is 15.0. The van der Waals surface area contributed by atoms with Gasteiger partial charge in [-0.05, 0) is 42.0 Å². The molecule has 0 unspecified atom stereocenters. The summed E-state index contributed by atoms with van der Waals surface area (Å²) < 4.78 is 53.5. The molecule has 1 aliphatic rings. The summed E-state index contributed by atoms with van der Waals surface area (Å²) in [6.07, 6.45) is -4.40. The maximum absolute atomic E-state index is 13.2. The molecule has 2 aromatic carbocycles. The van der Waals surface area contributed by atoms with E-state index >= 15 is 0 Å². The molecule has 0 spiro atoms. The Labute approximate surface area is 182 Å². The van der Waals surface area contributed by atoms with E-state index in [-0.39, 0.29) is 17.7 Å². The van der Waals surface area contributed by atoms with Gasteiger partial charge in [-0.1, -0.05) is 26.0 Å². The lowest BCUT2D eigenvalue weighted by Crippen LogP contribution is -2.40. The number of hydrogen-bond acceptors (Lipinski definition) is 3. The molecule has 168 valence electrons. The number of nitrogens with one attached hydrogen (secondary N) is 2. The minimum absolute atomic E-state index is 0.230. The van der Waals surface area contributed by atoms with Crippen molar-refractivity contribution in [2.75, 3.05) is 11.9 Å². The molecule has 0 saturated heterocycles. The van der Waals surface area contributed by atoms with Crippen LogP contribution in [0.5, 0.6) is 0 Å². The Morgan fingerprint density at radius 1 is 1.12 bits per heavy atom. The number of halogens is 4. The second-order valence-corrected chi connectivity index (χ2v) is 8.48. The highest BCUT2D eigenvalue weighted by atomic mass is 19.4. The van der Waals surface area contributed by atoms with E-state index in [0.29, 0.717) is 24.3 Å². The summed E-state index contributed by atoms with van der Waals surface area (Å²) in [7, 11) is 0. The van der Waals surface area contributed by atoms with Crippen molar-refractivity contribution in [1.82, 2.24) is 15.1 Å². The van der Waals surface area contributed by atoms with E-state index in [1.165, 1.54) is 36.4 Å². The fraction of sp³-hybridized carbons (Fsp3) is 0.304. The number of carbonyl (C=O) groups is 1. The van der Waals surface area contributed by atoms with Crippen molar-refractivity contribution < 1.29 is 22.4 Å². The lowest BCUT2D eigenvalue weighted by atomic mass is 9.83. The third-order valence-corrected chi connectivity index (χ3v) is 5.49. The van der Waals surface area contributed by atoms with Gasteiger partial charge < -0.3 is 10.6 Å². The van der Waals surface area contributed by atoms with Gasteiger partial charge in [-0.2, -0.15) is 18.3 Å². The molecule has 5 nitrogen and oxygen atoms in total. The molecule has 2 heterocycles. The van der Waals surface area contributed by atoms with Gasteiger partial charge in [-0.15, -0.1) is 0 Å². The maximum atomic E-state index is 13.2. The highest BCUT2D eigenvalue weighted by Crippen LogP contribution is 2.33. The van der Waals surface area contributed by atoms with Crippen LogP contribution < -0.4 is 10.6 Å². The largest absolute Gasteiger partial charge is 0.416 e. The molecule has 0 aliphatic carbocycles. The van der Waals surface area contributed by atoms with Gasteiger partial charge in [0.15, 0.2) is 5.69 Å². The van der Waals surface area contributed by atoms with Crippen LogP contribution in [-0.4, -0.2) is 22.2 Å². The van der Waals surface area contributed by atoms with E-state index < -0.39 is 23.5 Å². The van der Waals surface area contributed by atoms with Gasteiger partial charge >= 0.3 is 6.18 Å². The zero-order valence-electron chi connectivity index (χ0n) is 17.6. The summed E-state index contributed by atoms with van der Waals surface area (Å²) in [4.78, 5) is 13.0. The smallest absolute Gasteiger partial charge is 0.321 e. The molecule has 0 fully saturated rings. The van der Waals surface area contributed by atoms with Gasteiger partial charge in [-0.3, -0.25) is 9.48 Å². The van der Waals surface area contributed by atoms with Crippen LogP contribution in [0.15, 0.2) is 48.5 Å². The van der Waals surface area contributed by atoms with Crippen molar-refractivity contribution in [3.05, 3.63) is 82.4 Å². The van der Waals surface area contributed by atoms with E-state index in [1.54, 1.807) is 4.68 Å². The molecule has 0 saturated carbocycles. The van der Waals surface area contributed by atoms with Gasteiger partial charge in [-0.25, -0.2) is 4.39 Å². The van der Waals surface area contributed by atoms with Crippen LogP contribution in [0.2, 0.25) is 0 Å². The molecule has 0 radical (unpaired) electrons. The average Bonchev–Trinajstić information content (AvgIpc) is 3.09. The van der Waals surface area contributed by atoms with Gasteiger partial charge in [0.2, 0.25) is 0 Å². The Kier molecular flexibility index (Phi) is 5.54. The molecular formula is C23H22F4N4O. The van der Waals surface area contributed by atoms with Crippen molar-refractivity contribution in [2.24, 2.45) is 0 Å². The van der Waals surface area contributed by atoms with Crippen LogP contribution in [-0.2, 0) is 24.7 Å². The second-order valence-electron chi connectivity index (χ2n) is 8.48. The molecule has 4 rings (SSSR count). The quantitative estimate of drug-likeness (QED) is 0.570. The van der Waals surface area contributed by atoms with Crippen molar-refractivity contribution in [2.45, 2.75) is 38.5 Å². The van der Waals surface area contributed by atoms with Crippen molar-refractivity contribution >= 4 is 11.6 Å². The summed E-state index contributed by atoms with van der Waals surface area (Å²) in [6.45, 7) is 5.37. The van der Waals surface area contributed by atoms with E-state index in [0.717, 1.165) is 23.4 Å². The molecule has 1 amide bonds. The Balaban J connectivity index is 1.67. The van der Waals surface area contributed by atoms with E-state index in [9.17, 15) is 22.4 Å². The minimum atomic E-state index is -4.40. The van der Waals surface area contributed by atoms with Gasteiger partial charge in [0.1, 0.15) is 5.82 Å². The highest BCUT2D eigenvalue weighted by Gasteiger charge is 2.36. The van der Waals surface area contributed by atoms with Crippen LogP contribution in [0.25, 0.3) is 0 Å². The average molecular weight is 446 g/mol. The maximum Gasteiger partial charge on any atom is 0.416 e. The second kappa shape index (κ2) is 8.05. The number of nitrogens with zero attached hydrogens (tertiary/aromatic N) is 2. The van der Waals surface area contributed by atoms with Gasteiger partial charge in [0.05, 0.1) is 17.8 Å². The number of amides is 1. The fourth-order valence-corrected chi connectivity index (χ4v) is 4.00. The first kappa shape index (κ1) is 22.0. The predicted molar refractivity (Wildman–Crippen MR) is 112 cm³/mol. The van der Waals surface area contributed by atoms with Crippen molar-refractivity contribution in [3.8, 4) is 0 Å². The summed E-state index contributed by atoms with van der Waals surface area (Å²) in [5, 5.41) is 10.6. The molecule has 9 heteroatoms. The Hall–Kier alpha value is -3.20. The predicted octanol–water partition coefficient (Wildman–Crippen LogP) is 4.72. The zero-order valence-corrected chi connectivity index (χ0v) is 17.6. The summed E-state index contributed by atoms with van der Waals surface area (Å²) in [5.41, 5.74) is 1.85. The molecular weight excluding hydrogens is 424 g/mol. The summed E-state index contributed by atoms with van der Waals surface area (Å²) >= 11 is 0. The lowest BCUT2D eigenvalue weighted by molar-refractivity contribution is -0.137. The molecule has 1 aliphatic heterocycles. The standard InChI is InChI=1S/C23H22F4N4O/c1-22(2)13-28-11-18-19(21(32)29-17-9-7-16(24)8-10-17)30-31(20(18)22)12-14-3-5-15(6-4-14)23(25,26)27/h3-10,28H,11-13H2,1-2H3,(H,29,32).